The number of carbonyl (C=O) groups is 1. The summed E-state index contributed by atoms with van der Waals surface area (Å²) >= 11 is 0. The minimum atomic E-state index is -0.435. The predicted octanol–water partition coefficient (Wildman–Crippen LogP) is 2.08. The molecular weight excluding hydrogens is 316 g/mol. The van der Waals surface area contributed by atoms with Crippen LogP contribution in [0.2, 0.25) is 0 Å². The largest absolute Gasteiger partial charge is 0.394 e. The van der Waals surface area contributed by atoms with E-state index in [0.717, 1.165) is 38.1 Å². The number of aliphatic hydroxyl groups is 1. The molecule has 134 valence electrons. The normalized spacial score (nSPS) is 15.9. The second kappa shape index (κ2) is 8.16. The minimum absolute atomic E-state index is 0.00189. The number of benzene rings is 1. The third-order valence-corrected chi connectivity index (χ3v) is 4.87. The lowest BCUT2D eigenvalue weighted by molar-refractivity contribution is 0.163. The Balaban J connectivity index is 1.48. The summed E-state index contributed by atoms with van der Waals surface area (Å²) in [6.45, 7) is 1.29. The van der Waals surface area contributed by atoms with Gasteiger partial charge in [-0.05, 0) is 18.4 Å². The fourth-order valence-corrected chi connectivity index (χ4v) is 3.44. The van der Waals surface area contributed by atoms with Gasteiger partial charge in [0.1, 0.15) is 5.82 Å². The van der Waals surface area contributed by atoms with Gasteiger partial charge in [0.25, 0.3) is 0 Å². The Morgan fingerprint density at radius 3 is 2.72 bits per heavy atom. The van der Waals surface area contributed by atoms with Crippen molar-refractivity contribution in [1.29, 1.82) is 0 Å². The number of nitrogens with zero attached hydrogens (tertiary/aromatic N) is 2. The molecule has 0 radical (unpaired) electrons. The van der Waals surface area contributed by atoms with E-state index < -0.39 is 5.54 Å². The van der Waals surface area contributed by atoms with Gasteiger partial charge in [-0.3, -0.25) is 0 Å². The van der Waals surface area contributed by atoms with Crippen molar-refractivity contribution in [3.63, 3.8) is 0 Å². The summed E-state index contributed by atoms with van der Waals surface area (Å²) in [4.78, 5) is 16.5. The Hall–Kier alpha value is -2.34. The van der Waals surface area contributed by atoms with Crippen LogP contribution in [0.1, 0.15) is 37.1 Å². The highest BCUT2D eigenvalue weighted by atomic mass is 16.3. The van der Waals surface area contributed by atoms with Crippen LogP contribution in [0, 0.1) is 0 Å². The Morgan fingerprint density at radius 1 is 1.24 bits per heavy atom. The third-order valence-electron chi connectivity index (χ3n) is 4.87. The van der Waals surface area contributed by atoms with Gasteiger partial charge in [0.15, 0.2) is 0 Å². The highest BCUT2D eigenvalue weighted by Gasteiger charge is 2.34. The van der Waals surface area contributed by atoms with Gasteiger partial charge in [-0.1, -0.05) is 43.2 Å². The molecule has 1 aromatic carbocycles. The summed E-state index contributed by atoms with van der Waals surface area (Å²) in [7, 11) is 0. The summed E-state index contributed by atoms with van der Waals surface area (Å²) < 4.78 is 2.10. The first kappa shape index (κ1) is 17.5. The monoisotopic (exact) mass is 342 g/mol. The smallest absolute Gasteiger partial charge is 0.315 e. The maximum absolute atomic E-state index is 12.1. The Labute approximate surface area is 148 Å². The summed E-state index contributed by atoms with van der Waals surface area (Å²) in [6, 6.07) is 10.0. The Morgan fingerprint density at radius 2 is 2.00 bits per heavy atom. The Kier molecular flexibility index (Phi) is 5.71. The van der Waals surface area contributed by atoms with Crippen LogP contribution >= 0.6 is 0 Å². The molecule has 0 aliphatic heterocycles. The number of aromatic nitrogens is 2. The molecule has 0 spiro atoms. The van der Waals surface area contributed by atoms with Crippen LogP contribution in [-0.4, -0.2) is 39.4 Å². The second-order valence-corrected chi connectivity index (χ2v) is 6.73. The van der Waals surface area contributed by atoms with Crippen molar-refractivity contribution in [2.45, 2.75) is 44.2 Å². The van der Waals surface area contributed by atoms with Crippen molar-refractivity contribution in [3.05, 3.63) is 54.1 Å². The van der Waals surface area contributed by atoms with Gasteiger partial charge in [-0.2, -0.15) is 0 Å². The third kappa shape index (κ3) is 4.60. The first-order valence-corrected chi connectivity index (χ1v) is 8.92. The number of aliphatic hydroxyl groups excluding tert-OH is 1. The van der Waals surface area contributed by atoms with Crippen LogP contribution in [-0.2, 0) is 13.0 Å². The molecule has 0 saturated heterocycles. The SMILES string of the molecule is O=C(NCCc1nccn1Cc1ccccc1)NC1(CO)CCCC1. The highest BCUT2D eigenvalue weighted by Crippen LogP contribution is 2.28. The topological polar surface area (TPSA) is 79.2 Å². The molecule has 25 heavy (non-hydrogen) atoms. The van der Waals surface area contributed by atoms with Crippen molar-refractivity contribution < 1.29 is 9.90 Å². The average molecular weight is 342 g/mol. The number of hydrogen-bond donors (Lipinski definition) is 3. The lowest BCUT2D eigenvalue weighted by Crippen LogP contribution is -2.53. The molecule has 0 bridgehead atoms. The van der Waals surface area contributed by atoms with Crippen LogP contribution < -0.4 is 10.6 Å². The molecule has 2 aromatic rings. The van der Waals surface area contributed by atoms with E-state index in [1.807, 2.05) is 24.4 Å². The van der Waals surface area contributed by atoms with Crippen molar-refractivity contribution in [3.8, 4) is 0 Å². The fraction of sp³-hybridized carbons (Fsp3) is 0.474. The molecule has 0 unspecified atom stereocenters. The van der Waals surface area contributed by atoms with E-state index in [-0.39, 0.29) is 12.6 Å². The predicted molar refractivity (Wildman–Crippen MR) is 96.3 cm³/mol. The molecule has 1 aromatic heterocycles. The van der Waals surface area contributed by atoms with E-state index in [1.54, 1.807) is 6.20 Å². The van der Waals surface area contributed by atoms with Gasteiger partial charge in [-0.25, -0.2) is 9.78 Å². The van der Waals surface area contributed by atoms with Gasteiger partial charge in [0, 0.05) is 31.9 Å². The molecule has 1 aliphatic carbocycles. The molecule has 0 atom stereocenters. The number of carbonyl (C=O) groups excluding carboxylic acids is 1. The van der Waals surface area contributed by atoms with E-state index in [4.69, 9.17) is 0 Å². The molecule has 2 amide bonds. The summed E-state index contributed by atoms with van der Waals surface area (Å²) in [5, 5.41) is 15.4. The van der Waals surface area contributed by atoms with Crippen molar-refractivity contribution in [2.75, 3.05) is 13.2 Å². The van der Waals surface area contributed by atoms with Gasteiger partial charge < -0.3 is 20.3 Å². The fourth-order valence-electron chi connectivity index (χ4n) is 3.44. The summed E-state index contributed by atoms with van der Waals surface area (Å²) in [6.07, 6.45) is 8.21. The van der Waals surface area contributed by atoms with Crippen LogP contribution in [0.15, 0.2) is 42.7 Å². The molecule has 1 saturated carbocycles. The van der Waals surface area contributed by atoms with Crippen LogP contribution in [0.4, 0.5) is 4.79 Å². The minimum Gasteiger partial charge on any atom is -0.394 e. The van der Waals surface area contributed by atoms with Crippen molar-refractivity contribution in [2.24, 2.45) is 0 Å². The second-order valence-electron chi connectivity index (χ2n) is 6.73. The average Bonchev–Trinajstić information content (AvgIpc) is 3.26. The molecule has 6 heteroatoms. The quantitative estimate of drug-likeness (QED) is 0.721. The molecular formula is C19H26N4O2. The zero-order valence-corrected chi connectivity index (χ0v) is 14.4. The van der Waals surface area contributed by atoms with Crippen LogP contribution in [0.25, 0.3) is 0 Å². The van der Waals surface area contributed by atoms with Crippen molar-refractivity contribution >= 4 is 6.03 Å². The van der Waals surface area contributed by atoms with Crippen LogP contribution in [0.5, 0.6) is 0 Å². The number of nitrogens with one attached hydrogen (secondary N) is 2. The molecule has 1 fully saturated rings. The molecule has 3 rings (SSSR count). The standard InChI is InChI=1S/C19H26N4O2/c24-15-19(9-4-5-10-19)22-18(25)21-11-8-17-20-12-13-23(17)14-16-6-2-1-3-7-16/h1-3,6-7,12-13,24H,4-5,8-11,14-15H2,(H2,21,22,25). The van der Waals surface area contributed by atoms with E-state index in [2.05, 4.69) is 32.3 Å². The Bertz CT molecular complexity index is 678. The van der Waals surface area contributed by atoms with Crippen LogP contribution in [0.3, 0.4) is 0 Å². The summed E-state index contributed by atoms with van der Waals surface area (Å²) in [5.41, 5.74) is 0.786. The van der Waals surface area contributed by atoms with E-state index in [0.29, 0.717) is 13.0 Å². The maximum Gasteiger partial charge on any atom is 0.315 e. The zero-order chi connectivity index (χ0) is 17.5. The highest BCUT2D eigenvalue weighted by molar-refractivity contribution is 5.74. The van der Waals surface area contributed by atoms with Gasteiger partial charge >= 0.3 is 6.03 Å². The zero-order valence-electron chi connectivity index (χ0n) is 14.4. The van der Waals surface area contributed by atoms with Gasteiger partial charge in [0.05, 0.1) is 12.1 Å². The lowest BCUT2D eigenvalue weighted by atomic mass is 9.99. The number of hydrogen-bond acceptors (Lipinski definition) is 3. The summed E-state index contributed by atoms with van der Waals surface area (Å²) in [5.74, 6) is 0.946. The van der Waals surface area contributed by atoms with Gasteiger partial charge in [-0.15, -0.1) is 0 Å². The van der Waals surface area contributed by atoms with Crippen molar-refractivity contribution in [1.82, 2.24) is 20.2 Å². The number of amides is 2. The van der Waals surface area contributed by atoms with Gasteiger partial charge in [0.2, 0.25) is 0 Å². The lowest BCUT2D eigenvalue weighted by Gasteiger charge is -2.27. The number of rotatable bonds is 7. The molecule has 6 nitrogen and oxygen atoms in total. The molecule has 1 aliphatic rings. The number of imidazole rings is 1. The number of urea groups is 1. The first-order valence-electron chi connectivity index (χ1n) is 8.92. The maximum atomic E-state index is 12.1. The van der Waals surface area contributed by atoms with E-state index in [9.17, 15) is 9.90 Å². The molecule has 3 N–H and O–H groups in total. The van der Waals surface area contributed by atoms with E-state index >= 15 is 0 Å². The molecule has 1 heterocycles. The van der Waals surface area contributed by atoms with E-state index in [1.165, 1.54) is 5.56 Å². The first-order chi connectivity index (χ1) is 12.2.